The molecule has 0 rings (SSSR count). The van der Waals surface area contributed by atoms with Gasteiger partial charge in [-0.3, -0.25) is 4.79 Å². The molecule has 1 atom stereocenters. The van der Waals surface area contributed by atoms with E-state index >= 15 is 0 Å². The number of hydrogen-bond acceptors (Lipinski definition) is 5. The molecule has 1 N–H and O–H groups in total. The fourth-order valence-electron chi connectivity index (χ4n) is 2.13. The van der Waals surface area contributed by atoms with Crippen LogP contribution in [0.3, 0.4) is 0 Å². The average molecular weight is 447 g/mol. The Morgan fingerprint density at radius 1 is 0.931 bits per heavy atom. The fraction of sp³-hybridized carbons (Fsp3) is 0.913. The minimum absolute atomic E-state index is 0.0166. The Hall–Kier alpha value is -0.360. The molecule has 0 saturated carbocycles. The number of rotatable bonds is 10. The Kier molecular flexibility index (Phi) is 11.2. The summed E-state index contributed by atoms with van der Waals surface area (Å²) in [4.78, 5) is 18.0. The van der Waals surface area contributed by atoms with Gasteiger partial charge in [0.15, 0.2) is 0 Å². The van der Waals surface area contributed by atoms with Gasteiger partial charge >= 0.3 is 0 Å². The van der Waals surface area contributed by atoms with E-state index < -0.39 is 0 Å². The van der Waals surface area contributed by atoms with E-state index in [1.54, 1.807) is 0 Å². The van der Waals surface area contributed by atoms with Gasteiger partial charge in [-0.15, -0.1) is 23.5 Å². The highest BCUT2D eigenvalue weighted by Crippen LogP contribution is 2.32. The number of carbonyl (C=O) groups excluding carboxylic acids is 1. The predicted octanol–water partition coefficient (Wildman–Crippen LogP) is 6.53. The second-order valence-corrected chi connectivity index (χ2v) is 15.0. The molecular formula is C23H46N2O2S2. The van der Waals surface area contributed by atoms with Crippen LogP contribution < -0.4 is 5.32 Å². The lowest BCUT2D eigenvalue weighted by Crippen LogP contribution is -2.43. The Labute approximate surface area is 189 Å². The zero-order valence-corrected chi connectivity index (χ0v) is 22.6. The van der Waals surface area contributed by atoms with Crippen molar-refractivity contribution in [3.05, 3.63) is 0 Å². The van der Waals surface area contributed by atoms with Gasteiger partial charge in [0.25, 0.3) is 0 Å². The van der Waals surface area contributed by atoms with Gasteiger partial charge in [-0.05, 0) is 54.4 Å². The van der Waals surface area contributed by atoms with Crippen molar-refractivity contribution >= 4 is 35.1 Å². The third-order valence-corrected chi connectivity index (χ3v) is 6.68. The smallest absolute Gasteiger partial charge is 0.223 e. The van der Waals surface area contributed by atoms with Crippen LogP contribution in [0.1, 0.15) is 95.9 Å². The van der Waals surface area contributed by atoms with Crippen molar-refractivity contribution in [2.24, 2.45) is 11.1 Å². The van der Waals surface area contributed by atoms with E-state index in [2.05, 4.69) is 45.1 Å². The monoisotopic (exact) mass is 446 g/mol. The van der Waals surface area contributed by atoms with E-state index in [0.717, 1.165) is 30.1 Å². The molecule has 4 nitrogen and oxygen atoms in total. The summed E-state index contributed by atoms with van der Waals surface area (Å²) < 4.78 is 0.268. The molecule has 0 aromatic rings. The molecule has 29 heavy (non-hydrogen) atoms. The number of nitrogens with one attached hydrogen (secondary N) is 1. The molecule has 172 valence electrons. The van der Waals surface area contributed by atoms with Crippen molar-refractivity contribution in [2.45, 2.75) is 117 Å². The minimum atomic E-state index is -0.284. The summed E-state index contributed by atoms with van der Waals surface area (Å²) >= 11 is 3.79. The van der Waals surface area contributed by atoms with Crippen molar-refractivity contribution < 1.29 is 9.63 Å². The summed E-state index contributed by atoms with van der Waals surface area (Å²) in [6, 6.07) is 0. The molecule has 6 heteroatoms. The first-order valence-electron chi connectivity index (χ1n) is 10.6. The first-order valence-corrected chi connectivity index (χ1v) is 12.6. The number of hydrogen-bond donors (Lipinski definition) is 1. The van der Waals surface area contributed by atoms with Gasteiger partial charge in [0.1, 0.15) is 5.60 Å². The zero-order valence-electron chi connectivity index (χ0n) is 21.0. The number of carbonyl (C=O) groups is 1. The first-order chi connectivity index (χ1) is 12.8. The number of thioether (sulfide) groups is 2. The molecule has 0 spiro atoms. The van der Waals surface area contributed by atoms with E-state index in [1.165, 1.54) is 0 Å². The van der Waals surface area contributed by atoms with Gasteiger partial charge in [0.2, 0.25) is 5.91 Å². The highest BCUT2D eigenvalue weighted by Gasteiger charge is 2.25. The van der Waals surface area contributed by atoms with E-state index in [9.17, 15) is 4.79 Å². The lowest BCUT2D eigenvalue weighted by atomic mass is 9.97. The van der Waals surface area contributed by atoms with Crippen molar-refractivity contribution in [3.63, 3.8) is 0 Å². The van der Waals surface area contributed by atoms with Gasteiger partial charge < -0.3 is 10.2 Å². The fourth-order valence-corrected chi connectivity index (χ4v) is 3.99. The van der Waals surface area contributed by atoms with Gasteiger partial charge in [-0.2, -0.15) is 0 Å². The molecule has 0 aromatic heterocycles. The summed E-state index contributed by atoms with van der Waals surface area (Å²) in [5.74, 6) is 1.87. The van der Waals surface area contributed by atoms with Crippen LogP contribution in [0.5, 0.6) is 0 Å². The van der Waals surface area contributed by atoms with Crippen LogP contribution in [-0.2, 0) is 9.63 Å². The Morgan fingerprint density at radius 3 is 1.90 bits per heavy atom. The van der Waals surface area contributed by atoms with Gasteiger partial charge in [-0.25, -0.2) is 0 Å². The summed E-state index contributed by atoms with van der Waals surface area (Å²) in [6.07, 6.45) is 1.86. The molecule has 0 aromatic carbocycles. The van der Waals surface area contributed by atoms with Gasteiger partial charge in [0, 0.05) is 32.5 Å². The third kappa shape index (κ3) is 17.1. The maximum Gasteiger partial charge on any atom is 0.223 e. The van der Waals surface area contributed by atoms with Crippen molar-refractivity contribution in [1.82, 2.24) is 5.32 Å². The molecule has 1 amide bonds. The summed E-state index contributed by atoms with van der Waals surface area (Å²) in [7, 11) is 0. The highest BCUT2D eigenvalue weighted by atomic mass is 32.2. The quantitative estimate of drug-likeness (QED) is 0.306. The second-order valence-electron chi connectivity index (χ2n) is 11.5. The van der Waals surface area contributed by atoms with Crippen molar-refractivity contribution in [2.75, 3.05) is 11.5 Å². The van der Waals surface area contributed by atoms with E-state index in [-0.39, 0.29) is 32.5 Å². The number of amides is 1. The molecule has 0 aliphatic heterocycles. The predicted molar refractivity (Wildman–Crippen MR) is 133 cm³/mol. The minimum Gasteiger partial charge on any atom is -0.390 e. The SMILES string of the molecule is CC(CCC(C)(C)SC/C(CSC(C)(C)C)=N\OC(C)(C)C)C(=O)NC(C)(C)C. The molecule has 0 saturated heterocycles. The van der Waals surface area contributed by atoms with Crippen LogP contribution in [0, 0.1) is 5.92 Å². The van der Waals surface area contributed by atoms with Crippen LogP contribution in [0.15, 0.2) is 5.16 Å². The van der Waals surface area contributed by atoms with Crippen LogP contribution in [0.25, 0.3) is 0 Å². The third-order valence-electron chi connectivity index (χ3n) is 3.88. The van der Waals surface area contributed by atoms with Crippen LogP contribution in [0.4, 0.5) is 0 Å². The normalized spacial score (nSPS) is 15.2. The summed E-state index contributed by atoms with van der Waals surface area (Å²) in [6.45, 7) is 25.3. The van der Waals surface area contributed by atoms with Crippen LogP contribution in [-0.4, -0.2) is 43.8 Å². The number of oxime groups is 1. The number of nitrogens with zero attached hydrogens (tertiary/aromatic N) is 1. The van der Waals surface area contributed by atoms with Gasteiger partial charge in [0.05, 0.1) is 5.71 Å². The molecule has 0 fully saturated rings. The van der Waals surface area contributed by atoms with E-state index in [4.69, 9.17) is 4.84 Å². The topological polar surface area (TPSA) is 50.7 Å². The van der Waals surface area contributed by atoms with Crippen molar-refractivity contribution in [1.29, 1.82) is 0 Å². The molecular weight excluding hydrogens is 400 g/mol. The Balaban J connectivity index is 4.79. The van der Waals surface area contributed by atoms with Gasteiger partial charge in [-0.1, -0.05) is 46.7 Å². The molecule has 1 unspecified atom stereocenters. The molecule has 0 aliphatic carbocycles. The van der Waals surface area contributed by atoms with E-state index in [0.29, 0.717) is 0 Å². The molecule has 0 heterocycles. The lowest BCUT2D eigenvalue weighted by Gasteiger charge is -2.28. The lowest BCUT2D eigenvalue weighted by molar-refractivity contribution is -0.126. The van der Waals surface area contributed by atoms with Crippen molar-refractivity contribution in [3.8, 4) is 0 Å². The average Bonchev–Trinajstić information content (AvgIpc) is 2.48. The van der Waals surface area contributed by atoms with E-state index in [1.807, 2.05) is 72.0 Å². The summed E-state index contributed by atoms with van der Waals surface area (Å²) in [5.41, 5.74) is 0.614. The Morgan fingerprint density at radius 2 is 1.45 bits per heavy atom. The molecule has 0 radical (unpaired) electrons. The highest BCUT2D eigenvalue weighted by molar-refractivity contribution is 8.02. The maximum atomic E-state index is 12.3. The van der Waals surface area contributed by atoms with Crippen LogP contribution >= 0.6 is 23.5 Å². The molecule has 0 bridgehead atoms. The second kappa shape index (κ2) is 11.3. The Bertz CT molecular complexity index is 539. The summed E-state index contributed by atoms with van der Waals surface area (Å²) in [5, 5.41) is 7.56. The largest absolute Gasteiger partial charge is 0.390 e. The zero-order chi connectivity index (χ0) is 23.1. The molecule has 0 aliphatic rings. The first kappa shape index (κ1) is 28.6. The van der Waals surface area contributed by atoms with Crippen LogP contribution in [0.2, 0.25) is 0 Å². The maximum absolute atomic E-state index is 12.3. The standard InChI is InChI=1S/C23H46N2O2S2/c1-17(19(26)24-20(2,3)4)13-14-23(11,12)29-16-18(15-28-22(8,9)10)25-27-21(5,6)7/h17H,13-16H2,1-12H3,(H,24,26)/b25-18-.